The fraction of sp³-hybridized carbons (Fsp3) is 0.133. The van der Waals surface area contributed by atoms with E-state index in [2.05, 4.69) is 5.32 Å². The van der Waals surface area contributed by atoms with E-state index in [9.17, 15) is 9.59 Å². The fourth-order valence-corrected chi connectivity index (χ4v) is 5.80. The topological polar surface area (TPSA) is 58.6 Å². The lowest BCUT2D eigenvalue weighted by atomic mass is 9.51. The van der Waals surface area contributed by atoms with Crippen molar-refractivity contribution < 1.29 is 14.3 Å². The van der Waals surface area contributed by atoms with Gasteiger partial charge in [0, 0.05) is 16.9 Å². The number of benzene rings is 4. The average Bonchev–Trinajstić information content (AvgIpc) is 3.21. The Labute approximate surface area is 204 Å². The minimum absolute atomic E-state index is 0.147. The molecule has 1 saturated heterocycles. The van der Waals surface area contributed by atoms with Crippen molar-refractivity contribution in [3.8, 4) is 5.75 Å². The SMILES string of the molecule is CCOc1ccc(N2C(=O)C(c3ccccc3)(c3ccccc3)C23C(=O)Nc2ccccc23)cc1. The van der Waals surface area contributed by atoms with E-state index in [0.717, 1.165) is 22.4 Å². The lowest BCUT2D eigenvalue weighted by Gasteiger charge is -2.62. The maximum atomic E-state index is 14.5. The summed E-state index contributed by atoms with van der Waals surface area (Å²) in [7, 11) is 0. The van der Waals surface area contributed by atoms with Gasteiger partial charge in [-0.3, -0.25) is 14.5 Å². The molecule has 35 heavy (non-hydrogen) atoms. The van der Waals surface area contributed by atoms with Crippen molar-refractivity contribution in [1.29, 1.82) is 0 Å². The van der Waals surface area contributed by atoms with Gasteiger partial charge in [0.2, 0.25) is 5.91 Å². The lowest BCUT2D eigenvalue weighted by Crippen LogP contribution is -2.81. The zero-order valence-corrected chi connectivity index (χ0v) is 19.3. The number of carbonyl (C=O) groups excluding carboxylic acids is 2. The Balaban J connectivity index is 1.68. The van der Waals surface area contributed by atoms with E-state index in [1.165, 1.54) is 0 Å². The molecule has 1 unspecified atom stereocenters. The van der Waals surface area contributed by atoms with Gasteiger partial charge >= 0.3 is 0 Å². The normalized spacial score (nSPS) is 19.7. The van der Waals surface area contributed by atoms with Crippen molar-refractivity contribution in [3.05, 3.63) is 126 Å². The van der Waals surface area contributed by atoms with Gasteiger partial charge in [-0.15, -0.1) is 0 Å². The Morgan fingerprint density at radius 3 is 1.91 bits per heavy atom. The standard InChI is InChI=1S/C30H24N2O3/c1-2-35-24-19-17-23(18-20-24)32-28(34)29(21-11-5-3-6-12-21,22-13-7-4-8-14-22)30(32)25-15-9-10-16-26(25)31-27(30)33/h3-20H,2H2,1H3,(H,31,33). The highest BCUT2D eigenvalue weighted by atomic mass is 16.5. The molecule has 2 amide bonds. The van der Waals surface area contributed by atoms with Crippen LogP contribution in [-0.4, -0.2) is 18.4 Å². The highest BCUT2D eigenvalue weighted by molar-refractivity contribution is 6.27. The molecular weight excluding hydrogens is 436 g/mol. The van der Waals surface area contributed by atoms with Crippen LogP contribution in [0.25, 0.3) is 0 Å². The minimum Gasteiger partial charge on any atom is -0.494 e. The number of hydrogen-bond acceptors (Lipinski definition) is 3. The number of ether oxygens (including phenoxy) is 1. The molecule has 6 rings (SSSR count). The van der Waals surface area contributed by atoms with E-state index in [1.807, 2.05) is 116 Å². The summed E-state index contributed by atoms with van der Waals surface area (Å²) in [5.41, 5.74) is 1.19. The highest BCUT2D eigenvalue weighted by Crippen LogP contribution is 2.64. The third-order valence-corrected chi connectivity index (χ3v) is 7.12. The molecule has 0 saturated carbocycles. The number of rotatable bonds is 5. The predicted octanol–water partition coefficient (Wildman–Crippen LogP) is 5.27. The minimum atomic E-state index is -1.30. The lowest BCUT2D eigenvalue weighted by molar-refractivity contribution is -0.145. The number of nitrogens with zero attached hydrogens (tertiary/aromatic N) is 1. The van der Waals surface area contributed by atoms with E-state index in [0.29, 0.717) is 18.0 Å². The Morgan fingerprint density at radius 2 is 1.31 bits per heavy atom. The van der Waals surface area contributed by atoms with Gasteiger partial charge in [-0.05, 0) is 48.4 Å². The van der Waals surface area contributed by atoms with Crippen molar-refractivity contribution in [1.82, 2.24) is 0 Å². The van der Waals surface area contributed by atoms with Crippen LogP contribution in [0.3, 0.4) is 0 Å². The summed E-state index contributed by atoms with van der Waals surface area (Å²) in [4.78, 5) is 30.4. The molecule has 1 fully saturated rings. The van der Waals surface area contributed by atoms with Crippen LogP contribution in [0.4, 0.5) is 11.4 Å². The number of β-lactam (4-membered cyclic amide) rings is 1. The first-order valence-corrected chi connectivity index (χ1v) is 11.7. The number of hydrogen-bond donors (Lipinski definition) is 1. The Kier molecular flexibility index (Phi) is 4.74. The van der Waals surface area contributed by atoms with Crippen LogP contribution in [0, 0.1) is 0 Å². The molecular formula is C30H24N2O3. The summed E-state index contributed by atoms with van der Waals surface area (Å²) < 4.78 is 5.61. The molecule has 2 aliphatic rings. The maximum Gasteiger partial charge on any atom is 0.257 e. The number of nitrogens with one attached hydrogen (secondary N) is 1. The molecule has 2 heterocycles. The van der Waals surface area contributed by atoms with Crippen LogP contribution in [0.5, 0.6) is 5.75 Å². The number of carbonyl (C=O) groups is 2. The van der Waals surface area contributed by atoms with Gasteiger partial charge < -0.3 is 10.1 Å². The molecule has 172 valence electrons. The fourth-order valence-electron chi connectivity index (χ4n) is 5.80. The van der Waals surface area contributed by atoms with Crippen LogP contribution >= 0.6 is 0 Å². The van der Waals surface area contributed by atoms with E-state index < -0.39 is 11.0 Å². The van der Waals surface area contributed by atoms with Crippen LogP contribution in [0.1, 0.15) is 23.6 Å². The predicted molar refractivity (Wildman–Crippen MR) is 136 cm³/mol. The molecule has 2 aliphatic heterocycles. The summed E-state index contributed by atoms with van der Waals surface area (Å²) in [5, 5.41) is 3.08. The summed E-state index contributed by atoms with van der Waals surface area (Å²) >= 11 is 0. The molecule has 0 bridgehead atoms. The Morgan fingerprint density at radius 1 is 0.743 bits per heavy atom. The third-order valence-electron chi connectivity index (χ3n) is 7.12. The monoisotopic (exact) mass is 460 g/mol. The second-order valence-electron chi connectivity index (χ2n) is 8.76. The summed E-state index contributed by atoms with van der Waals surface area (Å²) in [6.07, 6.45) is 0. The van der Waals surface area contributed by atoms with Crippen LogP contribution in [0.2, 0.25) is 0 Å². The molecule has 4 aromatic carbocycles. The smallest absolute Gasteiger partial charge is 0.257 e. The van der Waals surface area contributed by atoms with Gasteiger partial charge in [-0.25, -0.2) is 0 Å². The molecule has 4 aromatic rings. The number of para-hydroxylation sites is 1. The van der Waals surface area contributed by atoms with Gasteiger partial charge in [0.25, 0.3) is 5.91 Å². The van der Waals surface area contributed by atoms with E-state index in [4.69, 9.17) is 4.74 Å². The van der Waals surface area contributed by atoms with Crippen molar-refractivity contribution in [2.45, 2.75) is 17.9 Å². The summed E-state index contributed by atoms with van der Waals surface area (Å²) in [5.74, 6) is 0.345. The van der Waals surface area contributed by atoms with Gasteiger partial charge in [0.05, 0.1) is 6.61 Å². The second-order valence-corrected chi connectivity index (χ2v) is 8.76. The first-order chi connectivity index (χ1) is 17.2. The summed E-state index contributed by atoms with van der Waals surface area (Å²) in [6.45, 7) is 2.47. The number of anilines is 2. The molecule has 1 atom stereocenters. The van der Waals surface area contributed by atoms with Crippen molar-refractivity contribution >= 4 is 23.2 Å². The zero-order valence-electron chi connectivity index (χ0n) is 19.3. The molecule has 1 spiro atoms. The van der Waals surface area contributed by atoms with Gasteiger partial charge in [0.1, 0.15) is 11.2 Å². The maximum absolute atomic E-state index is 14.5. The van der Waals surface area contributed by atoms with Crippen LogP contribution < -0.4 is 15.0 Å². The second kappa shape index (κ2) is 7.84. The molecule has 0 radical (unpaired) electrons. The number of fused-ring (bicyclic) bond motifs is 2. The Bertz CT molecular complexity index is 1380. The average molecular weight is 461 g/mol. The summed E-state index contributed by atoms with van der Waals surface area (Å²) in [6, 6.07) is 34.3. The third kappa shape index (κ3) is 2.63. The first-order valence-electron chi connectivity index (χ1n) is 11.7. The first kappa shape index (κ1) is 21.2. The van der Waals surface area contributed by atoms with Gasteiger partial charge in [-0.2, -0.15) is 0 Å². The van der Waals surface area contributed by atoms with E-state index in [-0.39, 0.29) is 11.8 Å². The van der Waals surface area contributed by atoms with Crippen molar-refractivity contribution in [2.24, 2.45) is 0 Å². The molecule has 5 heteroatoms. The zero-order chi connectivity index (χ0) is 24.0. The van der Waals surface area contributed by atoms with E-state index in [1.54, 1.807) is 4.90 Å². The molecule has 0 aromatic heterocycles. The van der Waals surface area contributed by atoms with Crippen LogP contribution in [-0.2, 0) is 20.5 Å². The van der Waals surface area contributed by atoms with Crippen molar-refractivity contribution in [2.75, 3.05) is 16.8 Å². The largest absolute Gasteiger partial charge is 0.494 e. The van der Waals surface area contributed by atoms with Crippen LogP contribution in [0.15, 0.2) is 109 Å². The van der Waals surface area contributed by atoms with Crippen molar-refractivity contribution in [3.63, 3.8) is 0 Å². The molecule has 5 nitrogen and oxygen atoms in total. The number of amides is 2. The van der Waals surface area contributed by atoms with Gasteiger partial charge in [-0.1, -0.05) is 78.9 Å². The van der Waals surface area contributed by atoms with E-state index >= 15 is 0 Å². The highest BCUT2D eigenvalue weighted by Gasteiger charge is 2.79. The molecule has 1 N–H and O–H groups in total. The molecule has 0 aliphatic carbocycles. The van der Waals surface area contributed by atoms with Gasteiger partial charge in [0.15, 0.2) is 5.54 Å². The Hall–Kier alpha value is -4.38. The quantitative estimate of drug-likeness (QED) is 0.413.